The van der Waals surface area contributed by atoms with Crippen molar-refractivity contribution in [3.05, 3.63) is 24.3 Å². The quantitative estimate of drug-likeness (QED) is 0.883. The summed E-state index contributed by atoms with van der Waals surface area (Å²) >= 11 is 0. The van der Waals surface area contributed by atoms with Gasteiger partial charge in [0.25, 0.3) is 0 Å². The summed E-state index contributed by atoms with van der Waals surface area (Å²) in [7, 11) is 4.16. The largest absolute Gasteiger partial charge is 0.378 e. The van der Waals surface area contributed by atoms with E-state index in [4.69, 9.17) is 0 Å². The summed E-state index contributed by atoms with van der Waals surface area (Å²) in [5.74, 6) is 0. The molecule has 1 aromatic carbocycles. The van der Waals surface area contributed by atoms with E-state index in [1.807, 2.05) is 0 Å². The summed E-state index contributed by atoms with van der Waals surface area (Å²) in [5, 5.41) is 3.64. The molecule has 0 saturated carbocycles. The molecule has 0 radical (unpaired) electrons. The number of nitrogens with one attached hydrogen (secondary N) is 1. The van der Waals surface area contributed by atoms with Crippen molar-refractivity contribution in [2.75, 3.05) is 43.5 Å². The molecule has 1 atom stereocenters. The number of hydrogen-bond donors (Lipinski definition) is 1. The number of piperazine rings is 1. The average Bonchev–Trinajstić information content (AvgIpc) is 2.38. The van der Waals surface area contributed by atoms with Crippen molar-refractivity contribution in [1.82, 2.24) is 5.32 Å². The van der Waals surface area contributed by atoms with E-state index in [0.717, 1.165) is 19.6 Å². The first-order valence-electron chi connectivity index (χ1n) is 7.13. The molecule has 0 aromatic heterocycles. The Morgan fingerprint density at radius 1 is 1.16 bits per heavy atom. The normalized spacial score (nSPS) is 20.5. The second kappa shape index (κ2) is 5.41. The number of hydrogen-bond acceptors (Lipinski definition) is 3. The van der Waals surface area contributed by atoms with E-state index in [1.165, 1.54) is 11.4 Å². The molecule has 1 heterocycles. The first-order valence-corrected chi connectivity index (χ1v) is 7.13. The topological polar surface area (TPSA) is 18.5 Å². The molecule has 0 spiro atoms. The van der Waals surface area contributed by atoms with Gasteiger partial charge in [-0.3, -0.25) is 0 Å². The lowest BCUT2D eigenvalue weighted by molar-refractivity contribution is 0.254. The third kappa shape index (κ3) is 3.41. The first-order chi connectivity index (χ1) is 8.88. The van der Waals surface area contributed by atoms with Crippen LogP contribution in [0.25, 0.3) is 0 Å². The lowest BCUT2D eigenvalue weighted by Gasteiger charge is -2.41. The molecule has 1 aromatic rings. The van der Waals surface area contributed by atoms with Gasteiger partial charge in [-0.1, -0.05) is 20.8 Å². The van der Waals surface area contributed by atoms with Crippen molar-refractivity contribution in [2.24, 2.45) is 5.41 Å². The summed E-state index contributed by atoms with van der Waals surface area (Å²) in [6.07, 6.45) is 0. The van der Waals surface area contributed by atoms with Gasteiger partial charge in [-0.2, -0.15) is 0 Å². The van der Waals surface area contributed by atoms with Gasteiger partial charge in [-0.05, 0) is 29.7 Å². The number of anilines is 2. The molecule has 1 saturated heterocycles. The third-order valence-electron chi connectivity index (χ3n) is 3.95. The second-order valence-corrected chi connectivity index (χ2v) is 6.73. The third-order valence-corrected chi connectivity index (χ3v) is 3.95. The Morgan fingerprint density at radius 3 is 2.32 bits per heavy atom. The molecule has 3 nitrogen and oxygen atoms in total. The Kier molecular flexibility index (Phi) is 4.04. The van der Waals surface area contributed by atoms with Gasteiger partial charge < -0.3 is 15.1 Å². The van der Waals surface area contributed by atoms with Gasteiger partial charge in [0.2, 0.25) is 0 Å². The maximum Gasteiger partial charge on any atom is 0.0368 e. The van der Waals surface area contributed by atoms with E-state index >= 15 is 0 Å². The molecular weight excluding hydrogens is 234 g/mol. The van der Waals surface area contributed by atoms with E-state index in [9.17, 15) is 0 Å². The Labute approximate surface area is 117 Å². The fraction of sp³-hybridized carbons (Fsp3) is 0.625. The summed E-state index contributed by atoms with van der Waals surface area (Å²) in [5.41, 5.74) is 2.90. The van der Waals surface area contributed by atoms with Crippen LogP contribution in [-0.2, 0) is 0 Å². The van der Waals surface area contributed by atoms with Gasteiger partial charge in [-0.25, -0.2) is 0 Å². The fourth-order valence-corrected chi connectivity index (χ4v) is 2.53. The van der Waals surface area contributed by atoms with Crippen molar-refractivity contribution < 1.29 is 0 Å². The van der Waals surface area contributed by atoms with Crippen LogP contribution in [0.3, 0.4) is 0 Å². The first kappa shape index (κ1) is 14.2. The molecule has 1 aliphatic heterocycles. The van der Waals surface area contributed by atoms with Crippen LogP contribution in [-0.4, -0.2) is 39.8 Å². The minimum Gasteiger partial charge on any atom is -0.378 e. The van der Waals surface area contributed by atoms with Crippen molar-refractivity contribution in [3.8, 4) is 0 Å². The van der Waals surface area contributed by atoms with Gasteiger partial charge >= 0.3 is 0 Å². The number of nitrogens with zero attached hydrogens (tertiary/aromatic N) is 2. The lowest BCUT2D eigenvalue weighted by atomic mass is 9.85. The molecule has 106 valence electrons. The Balaban J connectivity index is 2.09. The molecular formula is C16H27N3. The van der Waals surface area contributed by atoms with Crippen LogP contribution in [0, 0.1) is 5.41 Å². The zero-order chi connectivity index (χ0) is 14.0. The molecule has 3 heteroatoms. The van der Waals surface area contributed by atoms with Crippen LogP contribution >= 0.6 is 0 Å². The maximum atomic E-state index is 3.64. The van der Waals surface area contributed by atoms with E-state index in [-0.39, 0.29) is 0 Å². The number of rotatable bonds is 2. The second-order valence-electron chi connectivity index (χ2n) is 6.73. The Bertz CT molecular complexity index is 403. The maximum absolute atomic E-state index is 3.64. The van der Waals surface area contributed by atoms with Gasteiger partial charge in [0.1, 0.15) is 0 Å². The smallest absolute Gasteiger partial charge is 0.0368 e. The van der Waals surface area contributed by atoms with Crippen LogP contribution < -0.4 is 15.1 Å². The molecule has 0 amide bonds. The van der Waals surface area contributed by atoms with Crippen LogP contribution in [0.2, 0.25) is 0 Å². The van der Waals surface area contributed by atoms with Gasteiger partial charge in [0, 0.05) is 51.1 Å². The van der Waals surface area contributed by atoms with Crippen LogP contribution in [0.5, 0.6) is 0 Å². The fourth-order valence-electron chi connectivity index (χ4n) is 2.53. The standard InChI is InChI=1S/C16H27N3/c1-16(2,3)15-12-19(11-10-17-15)14-8-6-13(7-9-14)18(4)5/h6-9,15,17H,10-12H2,1-5H3. The van der Waals surface area contributed by atoms with Crippen molar-refractivity contribution >= 4 is 11.4 Å². The van der Waals surface area contributed by atoms with E-state index in [2.05, 4.69) is 74.2 Å². The van der Waals surface area contributed by atoms with Gasteiger partial charge in [0.15, 0.2) is 0 Å². The lowest BCUT2D eigenvalue weighted by Crippen LogP contribution is -2.56. The highest BCUT2D eigenvalue weighted by molar-refractivity contribution is 5.56. The highest BCUT2D eigenvalue weighted by atomic mass is 15.2. The van der Waals surface area contributed by atoms with Crippen LogP contribution in [0.1, 0.15) is 20.8 Å². The van der Waals surface area contributed by atoms with Gasteiger partial charge in [-0.15, -0.1) is 0 Å². The van der Waals surface area contributed by atoms with Crippen molar-refractivity contribution in [2.45, 2.75) is 26.8 Å². The van der Waals surface area contributed by atoms with E-state index in [1.54, 1.807) is 0 Å². The van der Waals surface area contributed by atoms with Gasteiger partial charge in [0.05, 0.1) is 0 Å². The number of benzene rings is 1. The molecule has 1 fully saturated rings. The van der Waals surface area contributed by atoms with Crippen LogP contribution in [0.4, 0.5) is 11.4 Å². The molecule has 19 heavy (non-hydrogen) atoms. The molecule has 0 bridgehead atoms. The zero-order valence-electron chi connectivity index (χ0n) is 12.9. The van der Waals surface area contributed by atoms with E-state index in [0.29, 0.717) is 11.5 Å². The Morgan fingerprint density at radius 2 is 1.79 bits per heavy atom. The Hall–Kier alpha value is -1.22. The monoisotopic (exact) mass is 261 g/mol. The molecule has 1 aliphatic rings. The van der Waals surface area contributed by atoms with Crippen molar-refractivity contribution in [1.29, 1.82) is 0 Å². The molecule has 2 rings (SSSR count). The average molecular weight is 261 g/mol. The minimum atomic E-state index is 0.308. The van der Waals surface area contributed by atoms with E-state index < -0.39 is 0 Å². The minimum absolute atomic E-state index is 0.308. The predicted molar refractivity (Wildman–Crippen MR) is 84.2 cm³/mol. The van der Waals surface area contributed by atoms with Crippen LogP contribution in [0.15, 0.2) is 24.3 Å². The molecule has 0 aliphatic carbocycles. The predicted octanol–water partition coefficient (Wildman–Crippen LogP) is 2.58. The zero-order valence-corrected chi connectivity index (χ0v) is 12.9. The summed E-state index contributed by atoms with van der Waals surface area (Å²) in [6.45, 7) is 10.2. The highest BCUT2D eigenvalue weighted by Crippen LogP contribution is 2.26. The molecule has 1 unspecified atom stereocenters. The summed E-state index contributed by atoms with van der Waals surface area (Å²) < 4.78 is 0. The van der Waals surface area contributed by atoms with Crippen molar-refractivity contribution in [3.63, 3.8) is 0 Å². The summed E-state index contributed by atoms with van der Waals surface area (Å²) in [4.78, 5) is 4.63. The SMILES string of the molecule is CN(C)c1ccc(N2CCNC(C(C)(C)C)C2)cc1. The summed E-state index contributed by atoms with van der Waals surface area (Å²) in [6, 6.07) is 9.42. The highest BCUT2D eigenvalue weighted by Gasteiger charge is 2.29. The molecule has 1 N–H and O–H groups in total.